The van der Waals surface area contributed by atoms with Crippen molar-refractivity contribution >= 4 is 0 Å². The smallest absolute Gasteiger partial charge is 0.100 e. The lowest BCUT2D eigenvalue weighted by Crippen LogP contribution is -2.30. The summed E-state index contributed by atoms with van der Waals surface area (Å²) in [7, 11) is 0. The lowest BCUT2D eigenvalue weighted by Gasteiger charge is -2.37. The van der Waals surface area contributed by atoms with Crippen LogP contribution in [0.1, 0.15) is 38.3 Å². The van der Waals surface area contributed by atoms with Gasteiger partial charge in [0.25, 0.3) is 0 Å². The number of rotatable bonds is 7. The van der Waals surface area contributed by atoms with Crippen LogP contribution in [0.15, 0.2) is 47.2 Å². The van der Waals surface area contributed by atoms with Gasteiger partial charge in [-0.15, -0.1) is 0 Å². The average Bonchev–Trinajstić information content (AvgIpc) is 2.59. The Kier molecular flexibility index (Phi) is 5.65. The number of allylic oxidation sites excluding steroid dienone is 3. The number of benzene rings is 1. The van der Waals surface area contributed by atoms with Gasteiger partial charge in [0.1, 0.15) is 6.61 Å². The standard InChI is InChI=1S/C22H31NO2/c1-4-23(9-11-24)10-12-25-20-14-19-13-17-7-5-6-8-18(17)15-21(19)22(2,3)16-20/h5-8,16,24H,4,9-15H2,1-3H3. The van der Waals surface area contributed by atoms with Crippen LogP contribution in [0, 0.1) is 5.41 Å². The van der Waals surface area contributed by atoms with E-state index in [1.807, 2.05) is 0 Å². The SMILES string of the molecule is CCN(CCO)CCOC1=CC(C)(C)C2=C(C1)Cc1ccccc1C2. The topological polar surface area (TPSA) is 32.7 Å². The fourth-order valence-corrected chi connectivity index (χ4v) is 4.13. The van der Waals surface area contributed by atoms with Crippen LogP contribution in [0.2, 0.25) is 0 Å². The van der Waals surface area contributed by atoms with Crippen molar-refractivity contribution in [1.82, 2.24) is 4.90 Å². The third-order valence-electron chi connectivity index (χ3n) is 5.56. The zero-order valence-corrected chi connectivity index (χ0v) is 15.8. The predicted molar refractivity (Wildman–Crippen MR) is 103 cm³/mol. The number of hydrogen-bond donors (Lipinski definition) is 1. The van der Waals surface area contributed by atoms with E-state index in [0.717, 1.165) is 44.7 Å². The first-order valence-corrected chi connectivity index (χ1v) is 9.49. The fraction of sp³-hybridized carbons (Fsp3) is 0.545. The second-order valence-electron chi connectivity index (χ2n) is 7.72. The van der Waals surface area contributed by atoms with Crippen LogP contribution in [-0.2, 0) is 17.6 Å². The summed E-state index contributed by atoms with van der Waals surface area (Å²) >= 11 is 0. The maximum atomic E-state index is 9.09. The van der Waals surface area contributed by atoms with Gasteiger partial charge in [-0.25, -0.2) is 0 Å². The van der Waals surface area contributed by atoms with E-state index in [2.05, 4.69) is 56.0 Å². The first-order chi connectivity index (χ1) is 12.0. The molecule has 2 aliphatic rings. The van der Waals surface area contributed by atoms with E-state index in [4.69, 9.17) is 9.84 Å². The minimum Gasteiger partial charge on any atom is -0.497 e. The van der Waals surface area contributed by atoms with Crippen LogP contribution < -0.4 is 0 Å². The molecule has 2 aliphatic carbocycles. The average molecular weight is 341 g/mol. The number of nitrogens with zero attached hydrogens (tertiary/aromatic N) is 1. The summed E-state index contributed by atoms with van der Waals surface area (Å²) in [5.41, 5.74) is 6.14. The summed E-state index contributed by atoms with van der Waals surface area (Å²) in [5, 5.41) is 9.09. The first-order valence-electron chi connectivity index (χ1n) is 9.49. The molecule has 0 aliphatic heterocycles. The quantitative estimate of drug-likeness (QED) is 0.767. The van der Waals surface area contributed by atoms with Crippen molar-refractivity contribution in [3.8, 4) is 0 Å². The third-order valence-corrected chi connectivity index (χ3v) is 5.56. The summed E-state index contributed by atoms with van der Waals surface area (Å²) in [6.45, 7) is 10.2. The highest BCUT2D eigenvalue weighted by molar-refractivity contribution is 5.46. The summed E-state index contributed by atoms with van der Waals surface area (Å²) in [6.07, 6.45) is 5.39. The van der Waals surface area contributed by atoms with Gasteiger partial charge >= 0.3 is 0 Å². The number of likely N-dealkylation sites (N-methyl/N-ethyl adjacent to an activating group) is 1. The van der Waals surface area contributed by atoms with E-state index < -0.39 is 0 Å². The predicted octanol–water partition coefficient (Wildman–Crippen LogP) is 3.73. The number of aliphatic hydroxyl groups excluding tert-OH is 1. The minimum atomic E-state index is 0.0615. The normalized spacial score (nSPS) is 18.7. The van der Waals surface area contributed by atoms with Crippen LogP contribution in [0.4, 0.5) is 0 Å². The highest BCUT2D eigenvalue weighted by Gasteiger charge is 2.32. The molecule has 0 amide bonds. The monoisotopic (exact) mass is 341 g/mol. The third kappa shape index (κ3) is 4.16. The molecule has 136 valence electrons. The number of fused-ring (bicyclic) bond motifs is 1. The van der Waals surface area contributed by atoms with Gasteiger partial charge in [-0.2, -0.15) is 0 Å². The molecule has 0 radical (unpaired) electrons. The zero-order valence-electron chi connectivity index (χ0n) is 15.8. The van der Waals surface area contributed by atoms with Crippen LogP contribution in [-0.4, -0.2) is 42.9 Å². The Bertz CT molecular complexity index is 672. The Morgan fingerprint density at radius 3 is 2.48 bits per heavy atom. The first kappa shape index (κ1) is 18.2. The van der Waals surface area contributed by atoms with Gasteiger partial charge in [0.2, 0.25) is 0 Å². The van der Waals surface area contributed by atoms with E-state index in [0.29, 0.717) is 6.61 Å². The highest BCUT2D eigenvalue weighted by atomic mass is 16.5. The van der Waals surface area contributed by atoms with Crippen molar-refractivity contribution in [3.05, 3.63) is 58.4 Å². The highest BCUT2D eigenvalue weighted by Crippen LogP contribution is 2.44. The largest absolute Gasteiger partial charge is 0.497 e. The van der Waals surface area contributed by atoms with Crippen molar-refractivity contribution in [2.75, 3.05) is 32.8 Å². The molecule has 1 aromatic carbocycles. The zero-order chi connectivity index (χ0) is 17.9. The van der Waals surface area contributed by atoms with Gasteiger partial charge < -0.3 is 9.84 Å². The Morgan fingerprint density at radius 2 is 1.80 bits per heavy atom. The number of ether oxygens (including phenoxy) is 1. The minimum absolute atomic E-state index is 0.0615. The summed E-state index contributed by atoms with van der Waals surface area (Å²) < 4.78 is 6.14. The molecule has 0 spiro atoms. The molecule has 3 rings (SSSR count). The Hall–Kier alpha value is -1.58. The molecular formula is C22H31NO2. The molecule has 1 N–H and O–H groups in total. The second kappa shape index (κ2) is 7.76. The molecule has 25 heavy (non-hydrogen) atoms. The molecule has 0 saturated heterocycles. The van der Waals surface area contributed by atoms with Gasteiger partial charge in [0.15, 0.2) is 0 Å². The number of hydrogen-bond acceptors (Lipinski definition) is 3. The lowest BCUT2D eigenvalue weighted by molar-refractivity contribution is 0.136. The van der Waals surface area contributed by atoms with E-state index >= 15 is 0 Å². The fourth-order valence-electron chi connectivity index (χ4n) is 4.13. The molecule has 0 saturated carbocycles. The maximum absolute atomic E-state index is 9.09. The van der Waals surface area contributed by atoms with Crippen molar-refractivity contribution in [2.24, 2.45) is 5.41 Å². The molecule has 3 nitrogen and oxygen atoms in total. The van der Waals surface area contributed by atoms with Crippen LogP contribution in [0.25, 0.3) is 0 Å². The van der Waals surface area contributed by atoms with Crippen molar-refractivity contribution < 1.29 is 9.84 Å². The summed E-state index contributed by atoms with van der Waals surface area (Å²) in [4.78, 5) is 2.22. The second-order valence-corrected chi connectivity index (χ2v) is 7.72. The molecule has 0 unspecified atom stereocenters. The van der Waals surface area contributed by atoms with Gasteiger partial charge in [-0.3, -0.25) is 4.90 Å². The van der Waals surface area contributed by atoms with Gasteiger partial charge in [-0.1, -0.05) is 56.2 Å². The van der Waals surface area contributed by atoms with Gasteiger partial charge in [0, 0.05) is 24.9 Å². The molecule has 0 fully saturated rings. The van der Waals surface area contributed by atoms with Crippen molar-refractivity contribution in [3.63, 3.8) is 0 Å². The van der Waals surface area contributed by atoms with Gasteiger partial charge in [0.05, 0.1) is 12.4 Å². The van der Waals surface area contributed by atoms with E-state index in [-0.39, 0.29) is 12.0 Å². The van der Waals surface area contributed by atoms with E-state index in [1.165, 1.54) is 11.1 Å². The maximum Gasteiger partial charge on any atom is 0.100 e. The van der Waals surface area contributed by atoms with Gasteiger partial charge in [-0.05, 0) is 36.6 Å². The molecule has 1 aromatic rings. The van der Waals surface area contributed by atoms with E-state index in [9.17, 15) is 0 Å². The molecule has 0 heterocycles. The van der Waals surface area contributed by atoms with E-state index in [1.54, 1.807) is 11.1 Å². The van der Waals surface area contributed by atoms with Crippen LogP contribution >= 0.6 is 0 Å². The molecular weight excluding hydrogens is 310 g/mol. The summed E-state index contributed by atoms with van der Waals surface area (Å²) in [5.74, 6) is 1.11. The molecule has 0 bridgehead atoms. The Balaban J connectivity index is 1.65. The van der Waals surface area contributed by atoms with Crippen molar-refractivity contribution in [2.45, 2.75) is 40.0 Å². The summed E-state index contributed by atoms with van der Waals surface area (Å²) in [6, 6.07) is 8.83. The number of aliphatic hydroxyl groups is 1. The lowest BCUT2D eigenvalue weighted by atomic mass is 9.69. The molecule has 0 atom stereocenters. The Labute approximate surface area is 152 Å². The van der Waals surface area contributed by atoms with Crippen molar-refractivity contribution in [1.29, 1.82) is 0 Å². The van der Waals surface area contributed by atoms with Crippen LogP contribution in [0.3, 0.4) is 0 Å². The van der Waals surface area contributed by atoms with Crippen LogP contribution in [0.5, 0.6) is 0 Å². The molecule has 3 heteroatoms. The molecule has 0 aromatic heterocycles. The Morgan fingerprint density at radius 1 is 1.08 bits per heavy atom.